The topological polar surface area (TPSA) is 85.1 Å². The highest BCUT2D eigenvalue weighted by Gasteiger charge is 2.26. The second-order valence-electron chi connectivity index (χ2n) is 7.50. The van der Waals surface area contributed by atoms with Crippen molar-refractivity contribution in [2.24, 2.45) is 0 Å². The second kappa shape index (κ2) is 6.91. The van der Waals surface area contributed by atoms with Crippen LogP contribution in [0.2, 0.25) is 0 Å². The molecule has 0 atom stereocenters. The molecule has 9 nitrogen and oxygen atoms in total. The summed E-state index contributed by atoms with van der Waals surface area (Å²) in [5.74, 6) is 3.30. The number of carbonyl (C=O) groups is 1. The third-order valence-electron chi connectivity index (χ3n) is 5.34. The van der Waals surface area contributed by atoms with Crippen LogP contribution < -0.4 is 14.4 Å². The Balaban J connectivity index is 1.32. The lowest BCUT2D eigenvalue weighted by Gasteiger charge is -2.35. The smallest absolute Gasteiger partial charge is 0.254 e. The summed E-state index contributed by atoms with van der Waals surface area (Å²) in [4.78, 5) is 21.5. The van der Waals surface area contributed by atoms with Gasteiger partial charge in [0.1, 0.15) is 5.82 Å². The number of fused-ring (bicyclic) bond motifs is 2. The zero-order valence-electron chi connectivity index (χ0n) is 16.4. The number of carbonyl (C=O) groups excluding carboxylic acids is 1. The van der Waals surface area contributed by atoms with Crippen molar-refractivity contribution >= 4 is 17.4 Å². The Labute approximate surface area is 167 Å². The van der Waals surface area contributed by atoms with Gasteiger partial charge < -0.3 is 19.3 Å². The Morgan fingerprint density at radius 3 is 2.66 bits per heavy atom. The molecule has 3 aromatic rings. The summed E-state index contributed by atoms with van der Waals surface area (Å²) in [5.41, 5.74) is 1.37. The molecule has 9 heteroatoms. The van der Waals surface area contributed by atoms with Gasteiger partial charge in [0.2, 0.25) is 12.4 Å². The van der Waals surface area contributed by atoms with Gasteiger partial charge in [-0.3, -0.25) is 9.20 Å². The lowest BCUT2D eigenvalue weighted by atomic mass is 10.1. The maximum absolute atomic E-state index is 12.9. The number of anilines is 1. The van der Waals surface area contributed by atoms with Gasteiger partial charge in [-0.15, -0.1) is 10.2 Å². The van der Waals surface area contributed by atoms with Gasteiger partial charge in [-0.05, 0) is 18.2 Å². The monoisotopic (exact) mass is 394 g/mol. The van der Waals surface area contributed by atoms with Crippen molar-refractivity contribution < 1.29 is 14.3 Å². The zero-order valence-corrected chi connectivity index (χ0v) is 16.4. The Hall–Kier alpha value is -3.36. The van der Waals surface area contributed by atoms with Crippen LogP contribution in [0.4, 0.5) is 5.82 Å². The number of nitrogens with zero attached hydrogens (tertiary/aromatic N) is 6. The third-order valence-corrected chi connectivity index (χ3v) is 5.34. The first-order chi connectivity index (χ1) is 14.1. The molecule has 29 heavy (non-hydrogen) atoms. The van der Waals surface area contributed by atoms with Gasteiger partial charge in [-0.2, -0.15) is 0 Å². The predicted octanol–water partition coefficient (Wildman–Crippen LogP) is 1.94. The average molecular weight is 394 g/mol. The van der Waals surface area contributed by atoms with Crippen LogP contribution in [-0.4, -0.2) is 63.4 Å². The molecule has 2 aliphatic heterocycles. The van der Waals surface area contributed by atoms with Crippen LogP contribution >= 0.6 is 0 Å². The Bertz CT molecular complexity index is 1070. The molecule has 1 saturated heterocycles. The fraction of sp³-hybridized carbons (Fsp3) is 0.400. The number of amides is 1. The third kappa shape index (κ3) is 3.02. The highest BCUT2D eigenvalue weighted by Crippen LogP contribution is 2.33. The minimum absolute atomic E-state index is 0.00121. The number of benzene rings is 1. The molecule has 2 aliphatic rings. The van der Waals surface area contributed by atoms with E-state index in [0.29, 0.717) is 43.2 Å². The predicted molar refractivity (Wildman–Crippen MR) is 106 cm³/mol. The molecule has 0 unspecified atom stereocenters. The van der Waals surface area contributed by atoms with E-state index in [0.717, 1.165) is 17.3 Å². The van der Waals surface area contributed by atoms with Crippen molar-refractivity contribution in [3.63, 3.8) is 0 Å². The maximum atomic E-state index is 12.9. The van der Waals surface area contributed by atoms with E-state index in [-0.39, 0.29) is 18.6 Å². The molecule has 150 valence electrons. The first-order valence-electron chi connectivity index (χ1n) is 9.75. The molecule has 1 amide bonds. The van der Waals surface area contributed by atoms with Crippen molar-refractivity contribution in [3.05, 3.63) is 42.0 Å². The SMILES string of the molecule is CC(C)c1nnc2c(N3CCN(C(=O)c4ccc5c(c4)OCO5)CC3)nccn12. The van der Waals surface area contributed by atoms with Gasteiger partial charge in [-0.25, -0.2) is 4.98 Å². The molecule has 0 N–H and O–H groups in total. The molecule has 0 spiro atoms. The summed E-state index contributed by atoms with van der Waals surface area (Å²) < 4.78 is 12.7. The minimum atomic E-state index is -0.00121. The summed E-state index contributed by atoms with van der Waals surface area (Å²) in [6.45, 7) is 6.99. The van der Waals surface area contributed by atoms with Gasteiger partial charge >= 0.3 is 0 Å². The summed E-state index contributed by atoms with van der Waals surface area (Å²) in [6.07, 6.45) is 3.68. The first-order valence-corrected chi connectivity index (χ1v) is 9.75. The van der Waals surface area contributed by atoms with Gasteiger partial charge in [0, 0.05) is 50.1 Å². The number of piperazine rings is 1. The fourth-order valence-corrected chi connectivity index (χ4v) is 3.78. The van der Waals surface area contributed by atoms with E-state index in [1.165, 1.54) is 0 Å². The van der Waals surface area contributed by atoms with Crippen molar-refractivity contribution in [2.45, 2.75) is 19.8 Å². The molecular weight excluding hydrogens is 372 g/mol. The van der Waals surface area contributed by atoms with E-state index in [1.54, 1.807) is 24.4 Å². The number of aromatic nitrogens is 4. The van der Waals surface area contributed by atoms with Crippen molar-refractivity contribution in [2.75, 3.05) is 37.9 Å². The number of hydrogen-bond donors (Lipinski definition) is 0. The number of rotatable bonds is 3. The van der Waals surface area contributed by atoms with E-state index >= 15 is 0 Å². The molecule has 2 aromatic heterocycles. The summed E-state index contributed by atoms with van der Waals surface area (Å²) in [7, 11) is 0. The highest BCUT2D eigenvalue weighted by molar-refractivity contribution is 5.95. The molecule has 5 rings (SSSR count). The van der Waals surface area contributed by atoms with Gasteiger partial charge in [0.25, 0.3) is 5.91 Å². The Morgan fingerprint density at radius 2 is 1.86 bits per heavy atom. The molecule has 0 saturated carbocycles. The van der Waals surface area contributed by atoms with Crippen LogP contribution in [0, 0.1) is 0 Å². The standard InChI is InChI=1S/C20H22N6O3/c1-13(2)17-22-23-19-18(21-5-6-26(17)19)24-7-9-25(10-8-24)20(27)14-3-4-15-16(11-14)29-12-28-15/h3-6,11,13H,7-10,12H2,1-2H3. The zero-order chi connectivity index (χ0) is 20.0. The van der Waals surface area contributed by atoms with Crippen LogP contribution in [0.15, 0.2) is 30.6 Å². The van der Waals surface area contributed by atoms with Crippen LogP contribution in [0.25, 0.3) is 5.65 Å². The fourth-order valence-electron chi connectivity index (χ4n) is 3.78. The van der Waals surface area contributed by atoms with E-state index in [4.69, 9.17) is 9.47 Å². The van der Waals surface area contributed by atoms with Gasteiger partial charge in [-0.1, -0.05) is 13.8 Å². The van der Waals surface area contributed by atoms with Crippen molar-refractivity contribution in [1.29, 1.82) is 0 Å². The largest absolute Gasteiger partial charge is 0.454 e. The van der Waals surface area contributed by atoms with Crippen LogP contribution in [0.3, 0.4) is 0 Å². The average Bonchev–Trinajstić information content (AvgIpc) is 3.39. The number of hydrogen-bond acceptors (Lipinski definition) is 7. The maximum Gasteiger partial charge on any atom is 0.254 e. The van der Waals surface area contributed by atoms with Crippen LogP contribution in [0.1, 0.15) is 35.9 Å². The van der Waals surface area contributed by atoms with Crippen LogP contribution in [-0.2, 0) is 0 Å². The lowest BCUT2D eigenvalue weighted by Crippen LogP contribution is -2.49. The van der Waals surface area contributed by atoms with E-state index in [2.05, 4.69) is 33.9 Å². The molecule has 4 heterocycles. The van der Waals surface area contributed by atoms with E-state index in [9.17, 15) is 4.79 Å². The summed E-state index contributed by atoms with van der Waals surface area (Å²) >= 11 is 0. The summed E-state index contributed by atoms with van der Waals surface area (Å²) in [6, 6.07) is 5.32. The first kappa shape index (κ1) is 17.7. The van der Waals surface area contributed by atoms with Crippen molar-refractivity contribution in [3.8, 4) is 11.5 Å². The lowest BCUT2D eigenvalue weighted by molar-refractivity contribution is 0.0746. The highest BCUT2D eigenvalue weighted by atomic mass is 16.7. The van der Waals surface area contributed by atoms with Crippen LogP contribution in [0.5, 0.6) is 11.5 Å². The number of ether oxygens (including phenoxy) is 2. The Kier molecular flexibility index (Phi) is 4.22. The van der Waals surface area contributed by atoms with Gasteiger partial charge in [0.15, 0.2) is 17.3 Å². The molecule has 0 aliphatic carbocycles. The molecule has 0 bridgehead atoms. The minimum Gasteiger partial charge on any atom is -0.454 e. The van der Waals surface area contributed by atoms with E-state index in [1.807, 2.05) is 15.5 Å². The quantitative estimate of drug-likeness (QED) is 0.671. The Morgan fingerprint density at radius 1 is 1.07 bits per heavy atom. The van der Waals surface area contributed by atoms with E-state index < -0.39 is 0 Å². The molecule has 0 radical (unpaired) electrons. The second-order valence-corrected chi connectivity index (χ2v) is 7.50. The normalized spacial score (nSPS) is 16.1. The van der Waals surface area contributed by atoms with Crippen molar-refractivity contribution in [1.82, 2.24) is 24.5 Å². The van der Waals surface area contributed by atoms with Gasteiger partial charge in [0.05, 0.1) is 0 Å². The molecule has 1 fully saturated rings. The molecular formula is C20H22N6O3. The molecule has 1 aromatic carbocycles. The summed E-state index contributed by atoms with van der Waals surface area (Å²) in [5, 5.41) is 8.67.